The number of hydrogen-bond donors (Lipinski definition) is 0. The zero-order valence-corrected chi connectivity index (χ0v) is 9.97. The van der Waals surface area contributed by atoms with Crippen LogP contribution in [0.4, 0.5) is 0 Å². The standard InChI is InChI=1S/C14H14N2O/c1-3-14-15-8-13(10(2)16-14)12-6-4-11(9-17)5-7-12/h4-9H,3H2,1-2H3. The molecule has 0 amide bonds. The summed E-state index contributed by atoms with van der Waals surface area (Å²) in [4.78, 5) is 19.3. The van der Waals surface area contributed by atoms with Crippen molar-refractivity contribution in [1.29, 1.82) is 0 Å². The minimum absolute atomic E-state index is 0.678. The van der Waals surface area contributed by atoms with Crippen LogP contribution in [0.1, 0.15) is 28.8 Å². The summed E-state index contributed by atoms with van der Waals surface area (Å²) in [6.45, 7) is 4.01. The molecule has 1 heterocycles. The van der Waals surface area contributed by atoms with Gasteiger partial charge in [0.05, 0.1) is 0 Å². The summed E-state index contributed by atoms with van der Waals surface area (Å²) in [7, 11) is 0. The van der Waals surface area contributed by atoms with Gasteiger partial charge in [-0.15, -0.1) is 0 Å². The summed E-state index contributed by atoms with van der Waals surface area (Å²) in [5.41, 5.74) is 3.70. The molecule has 0 unspecified atom stereocenters. The molecular weight excluding hydrogens is 212 g/mol. The van der Waals surface area contributed by atoms with Crippen LogP contribution in [0, 0.1) is 6.92 Å². The molecule has 3 nitrogen and oxygen atoms in total. The number of rotatable bonds is 3. The number of aromatic nitrogens is 2. The number of hydrogen-bond acceptors (Lipinski definition) is 3. The Morgan fingerprint density at radius 1 is 1.24 bits per heavy atom. The van der Waals surface area contributed by atoms with Crippen LogP contribution in [-0.4, -0.2) is 16.3 Å². The molecule has 0 fully saturated rings. The van der Waals surface area contributed by atoms with Crippen molar-refractivity contribution in [2.24, 2.45) is 0 Å². The molecule has 0 aliphatic carbocycles. The third-order valence-electron chi connectivity index (χ3n) is 2.70. The smallest absolute Gasteiger partial charge is 0.150 e. The van der Waals surface area contributed by atoms with Gasteiger partial charge in [0, 0.05) is 29.4 Å². The summed E-state index contributed by atoms with van der Waals surface area (Å²) < 4.78 is 0. The van der Waals surface area contributed by atoms with Gasteiger partial charge in [-0.25, -0.2) is 9.97 Å². The average molecular weight is 226 g/mol. The van der Waals surface area contributed by atoms with Crippen LogP contribution in [-0.2, 0) is 6.42 Å². The van der Waals surface area contributed by atoms with Crippen LogP contribution in [0.5, 0.6) is 0 Å². The first-order valence-electron chi connectivity index (χ1n) is 5.62. The Morgan fingerprint density at radius 2 is 1.94 bits per heavy atom. The molecule has 0 atom stereocenters. The van der Waals surface area contributed by atoms with E-state index in [2.05, 4.69) is 9.97 Å². The lowest BCUT2D eigenvalue weighted by atomic mass is 10.0. The maximum absolute atomic E-state index is 10.6. The van der Waals surface area contributed by atoms with E-state index in [9.17, 15) is 4.79 Å². The second-order valence-corrected chi connectivity index (χ2v) is 3.88. The van der Waals surface area contributed by atoms with Gasteiger partial charge < -0.3 is 0 Å². The molecule has 17 heavy (non-hydrogen) atoms. The molecular formula is C14H14N2O. The molecule has 2 aromatic rings. The molecule has 0 N–H and O–H groups in total. The Labute approximate surface area is 101 Å². The molecule has 0 aliphatic rings. The molecule has 0 saturated heterocycles. The SMILES string of the molecule is CCc1ncc(-c2ccc(C=O)cc2)c(C)n1. The van der Waals surface area contributed by atoms with Gasteiger partial charge in [0.25, 0.3) is 0 Å². The van der Waals surface area contributed by atoms with Crippen LogP contribution in [0.2, 0.25) is 0 Å². The van der Waals surface area contributed by atoms with Crippen LogP contribution >= 0.6 is 0 Å². The highest BCUT2D eigenvalue weighted by atomic mass is 16.1. The van der Waals surface area contributed by atoms with Crippen molar-refractivity contribution >= 4 is 6.29 Å². The zero-order chi connectivity index (χ0) is 12.3. The molecule has 3 heteroatoms. The fraction of sp³-hybridized carbons (Fsp3) is 0.214. The van der Waals surface area contributed by atoms with Gasteiger partial charge in [-0.3, -0.25) is 4.79 Å². The largest absolute Gasteiger partial charge is 0.298 e. The lowest BCUT2D eigenvalue weighted by Gasteiger charge is -2.06. The van der Waals surface area contributed by atoms with Gasteiger partial charge >= 0.3 is 0 Å². The van der Waals surface area contributed by atoms with E-state index in [0.29, 0.717) is 5.56 Å². The Kier molecular flexibility index (Phi) is 3.28. The zero-order valence-electron chi connectivity index (χ0n) is 9.97. The highest BCUT2D eigenvalue weighted by molar-refractivity contribution is 5.77. The fourth-order valence-electron chi connectivity index (χ4n) is 1.71. The van der Waals surface area contributed by atoms with Crippen LogP contribution in [0.3, 0.4) is 0 Å². The second kappa shape index (κ2) is 4.87. The van der Waals surface area contributed by atoms with Gasteiger partial charge in [-0.1, -0.05) is 31.2 Å². The number of carbonyl (C=O) groups is 1. The van der Waals surface area contributed by atoms with Gasteiger partial charge in [0.2, 0.25) is 0 Å². The third kappa shape index (κ3) is 2.38. The molecule has 0 radical (unpaired) electrons. The summed E-state index contributed by atoms with van der Waals surface area (Å²) in [5.74, 6) is 0.857. The predicted octanol–water partition coefficient (Wildman–Crippen LogP) is 2.83. The quantitative estimate of drug-likeness (QED) is 0.756. The van der Waals surface area contributed by atoms with Crippen molar-refractivity contribution in [1.82, 2.24) is 9.97 Å². The average Bonchev–Trinajstić information content (AvgIpc) is 2.39. The molecule has 0 bridgehead atoms. The molecule has 0 aliphatic heterocycles. The Hall–Kier alpha value is -2.03. The van der Waals surface area contributed by atoms with Crippen LogP contribution < -0.4 is 0 Å². The monoisotopic (exact) mass is 226 g/mol. The Morgan fingerprint density at radius 3 is 2.47 bits per heavy atom. The van der Waals surface area contributed by atoms with Gasteiger partial charge in [-0.2, -0.15) is 0 Å². The Balaban J connectivity index is 2.41. The van der Waals surface area contributed by atoms with E-state index in [1.54, 1.807) is 12.1 Å². The summed E-state index contributed by atoms with van der Waals surface area (Å²) in [6, 6.07) is 7.44. The highest BCUT2D eigenvalue weighted by Crippen LogP contribution is 2.21. The number of aldehydes is 1. The van der Waals surface area contributed by atoms with Crippen molar-refractivity contribution in [2.45, 2.75) is 20.3 Å². The van der Waals surface area contributed by atoms with Gasteiger partial charge in [0.1, 0.15) is 12.1 Å². The molecule has 86 valence electrons. The number of benzene rings is 1. The van der Waals surface area contributed by atoms with E-state index in [0.717, 1.165) is 35.4 Å². The fourth-order valence-corrected chi connectivity index (χ4v) is 1.71. The second-order valence-electron chi connectivity index (χ2n) is 3.88. The van der Waals surface area contributed by atoms with E-state index in [4.69, 9.17) is 0 Å². The minimum Gasteiger partial charge on any atom is -0.298 e. The first kappa shape index (κ1) is 11.5. The number of aryl methyl sites for hydroxylation is 2. The maximum atomic E-state index is 10.6. The number of carbonyl (C=O) groups excluding carboxylic acids is 1. The molecule has 0 saturated carbocycles. The maximum Gasteiger partial charge on any atom is 0.150 e. The molecule has 1 aromatic carbocycles. The summed E-state index contributed by atoms with van der Waals surface area (Å²) in [6.07, 6.45) is 3.52. The van der Waals surface area contributed by atoms with Crippen molar-refractivity contribution in [2.75, 3.05) is 0 Å². The van der Waals surface area contributed by atoms with Crippen molar-refractivity contribution in [3.63, 3.8) is 0 Å². The number of nitrogens with zero attached hydrogens (tertiary/aromatic N) is 2. The Bertz CT molecular complexity index is 532. The summed E-state index contributed by atoms with van der Waals surface area (Å²) in [5, 5.41) is 0. The van der Waals surface area contributed by atoms with Crippen LogP contribution in [0.25, 0.3) is 11.1 Å². The van der Waals surface area contributed by atoms with E-state index < -0.39 is 0 Å². The highest BCUT2D eigenvalue weighted by Gasteiger charge is 2.04. The molecule has 1 aromatic heterocycles. The first-order valence-corrected chi connectivity index (χ1v) is 5.62. The van der Waals surface area contributed by atoms with E-state index in [1.807, 2.05) is 32.2 Å². The lowest BCUT2D eigenvalue weighted by molar-refractivity contribution is 0.112. The molecule has 0 spiro atoms. The first-order chi connectivity index (χ1) is 8.24. The van der Waals surface area contributed by atoms with Gasteiger partial charge in [-0.05, 0) is 12.5 Å². The van der Waals surface area contributed by atoms with Crippen molar-refractivity contribution < 1.29 is 4.79 Å². The summed E-state index contributed by atoms with van der Waals surface area (Å²) >= 11 is 0. The van der Waals surface area contributed by atoms with E-state index in [-0.39, 0.29) is 0 Å². The topological polar surface area (TPSA) is 42.9 Å². The minimum atomic E-state index is 0.678. The van der Waals surface area contributed by atoms with Crippen molar-refractivity contribution in [3.8, 4) is 11.1 Å². The normalized spacial score (nSPS) is 10.2. The van der Waals surface area contributed by atoms with Crippen LogP contribution in [0.15, 0.2) is 30.5 Å². The predicted molar refractivity (Wildman–Crippen MR) is 67.0 cm³/mol. The van der Waals surface area contributed by atoms with Gasteiger partial charge in [0.15, 0.2) is 0 Å². The van der Waals surface area contributed by atoms with E-state index in [1.165, 1.54) is 0 Å². The molecule has 2 rings (SSSR count). The third-order valence-corrected chi connectivity index (χ3v) is 2.70. The lowest BCUT2D eigenvalue weighted by Crippen LogP contribution is -1.97. The van der Waals surface area contributed by atoms with Crippen molar-refractivity contribution in [3.05, 3.63) is 47.5 Å². The van der Waals surface area contributed by atoms with E-state index >= 15 is 0 Å².